The van der Waals surface area contributed by atoms with Crippen molar-refractivity contribution < 1.29 is 4.79 Å². The van der Waals surface area contributed by atoms with E-state index in [1.807, 2.05) is 23.1 Å². The average Bonchev–Trinajstić information content (AvgIpc) is 2.81. The lowest BCUT2D eigenvalue weighted by molar-refractivity contribution is -0.129. The lowest BCUT2D eigenvalue weighted by atomic mass is 10.2. The fourth-order valence-corrected chi connectivity index (χ4v) is 2.80. The number of amides is 1. The molecule has 0 unspecified atom stereocenters. The molecule has 4 nitrogen and oxygen atoms in total. The largest absolute Gasteiger partial charge is 0.362 e. The van der Waals surface area contributed by atoms with Gasteiger partial charge < -0.3 is 15.5 Å². The number of carbonyl (C=O) groups is 1. The van der Waals surface area contributed by atoms with Crippen molar-refractivity contribution in [3.63, 3.8) is 0 Å². The first-order chi connectivity index (χ1) is 10.3. The maximum absolute atomic E-state index is 12.6. The molecular formula is C17H27N3O. The van der Waals surface area contributed by atoms with E-state index in [9.17, 15) is 4.79 Å². The van der Waals surface area contributed by atoms with Crippen molar-refractivity contribution >= 4 is 11.6 Å². The Morgan fingerprint density at radius 3 is 2.38 bits per heavy atom. The first kappa shape index (κ1) is 15.8. The monoisotopic (exact) mass is 289 g/mol. The van der Waals surface area contributed by atoms with Crippen molar-refractivity contribution in [2.75, 3.05) is 37.6 Å². The first-order valence-electron chi connectivity index (χ1n) is 8.09. The molecule has 0 saturated carbocycles. The van der Waals surface area contributed by atoms with E-state index in [1.54, 1.807) is 0 Å². The Morgan fingerprint density at radius 2 is 1.76 bits per heavy atom. The molecule has 0 bridgehead atoms. The fraction of sp³-hybridized carbons (Fsp3) is 0.588. The van der Waals surface area contributed by atoms with Crippen LogP contribution in [-0.4, -0.2) is 43.5 Å². The zero-order valence-electron chi connectivity index (χ0n) is 12.8. The number of benzene rings is 1. The molecule has 0 atom stereocenters. The number of nitrogens with two attached hydrogens (primary N) is 1. The van der Waals surface area contributed by atoms with E-state index in [-0.39, 0.29) is 5.91 Å². The topological polar surface area (TPSA) is 49.6 Å². The second-order valence-corrected chi connectivity index (χ2v) is 5.69. The summed E-state index contributed by atoms with van der Waals surface area (Å²) in [7, 11) is 0. The highest BCUT2D eigenvalue weighted by molar-refractivity contribution is 5.81. The van der Waals surface area contributed by atoms with Crippen molar-refractivity contribution in [1.82, 2.24) is 4.90 Å². The molecule has 2 N–H and O–H groups in total. The van der Waals surface area contributed by atoms with Crippen LogP contribution in [0.3, 0.4) is 0 Å². The maximum Gasteiger partial charge on any atom is 0.242 e. The lowest BCUT2D eigenvalue weighted by Crippen LogP contribution is -2.41. The summed E-state index contributed by atoms with van der Waals surface area (Å²) in [6.07, 6.45) is 5.68. The van der Waals surface area contributed by atoms with Gasteiger partial charge in [-0.25, -0.2) is 0 Å². The van der Waals surface area contributed by atoms with E-state index < -0.39 is 0 Å². The van der Waals surface area contributed by atoms with Crippen LogP contribution < -0.4 is 10.6 Å². The summed E-state index contributed by atoms with van der Waals surface area (Å²) in [5, 5.41) is 0. The number of likely N-dealkylation sites (tertiary alicyclic amines) is 1. The summed E-state index contributed by atoms with van der Waals surface area (Å²) in [6, 6.07) is 10.2. The molecule has 1 heterocycles. The summed E-state index contributed by atoms with van der Waals surface area (Å²) in [4.78, 5) is 16.7. The third kappa shape index (κ3) is 5.05. The number of hydrogen-bond acceptors (Lipinski definition) is 3. The predicted octanol–water partition coefficient (Wildman–Crippen LogP) is 2.24. The van der Waals surface area contributed by atoms with Crippen LogP contribution in [0.5, 0.6) is 0 Å². The van der Waals surface area contributed by atoms with E-state index in [4.69, 9.17) is 5.73 Å². The highest BCUT2D eigenvalue weighted by Crippen LogP contribution is 2.15. The highest BCUT2D eigenvalue weighted by Gasteiger charge is 2.18. The molecule has 0 aliphatic carbocycles. The van der Waals surface area contributed by atoms with Crippen LogP contribution in [0.15, 0.2) is 30.3 Å². The van der Waals surface area contributed by atoms with Gasteiger partial charge in [0, 0.05) is 25.3 Å². The standard InChI is InChI=1S/C17H27N3O/c18-11-8-14-20(16-9-4-3-5-10-16)15-17(21)19-12-6-1-2-7-13-19/h3-5,9-10H,1-2,6-8,11-15,18H2. The molecule has 21 heavy (non-hydrogen) atoms. The summed E-state index contributed by atoms with van der Waals surface area (Å²) in [5.41, 5.74) is 6.73. The minimum Gasteiger partial charge on any atom is -0.362 e. The van der Waals surface area contributed by atoms with Gasteiger partial charge in [0.1, 0.15) is 0 Å². The molecule has 1 aromatic carbocycles. The van der Waals surface area contributed by atoms with Gasteiger partial charge in [-0.05, 0) is 37.9 Å². The fourth-order valence-electron chi connectivity index (χ4n) is 2.80. The smallest absolute Gasteiger partial charge is 0.242 e. The zero-order valence-corrected chi connectivity index (χ0v) is 12.8. The van der Waals surface area contributed by atoms with Gasteiger partial charge in [-0.2, -0.15) is 0 Å². The summed E-state index contributed by atoms with van der Waals surface area (Å²) >= 11 is 0. The molecule has 0 radical (unpaired) electrons. The Hall–Kier alpha value is -1.55. The van der Waals surface area contributed by atoms with Crippen LogP contribution in [0.4, 0.5) is 5.69 Å². The molecule has 1 aliphatic rings. The minimum atomic E-state index is 0.248. The third-order valence-corrected chi connectivity index (χ3v) is 4.04. The Morgan fingerprint density at radius 1 is 1.10 bits per heavy atom. The average molecular weight is 289 g/mol. The van der Waals surface area contributed by atoms with Gasteiger partial charge >= 0.3 is 0 Å². The maximum atomic E-state index is 12.6. The van der Waals surface area contributed by atoms with Crippen LogP contribution in [0.1, 0.15) is 32.1 Å². The molecule has 4 heteroatoms. The molecule has 1 fully saturated rings. The van der Waals surface area contributed by atoms with Crippen molar-refractivity contribution in [2.24, 2.45) is 5.73 Å². The normalized spacial score (nSPS) is 15.6. The van der Waals surface area contributed by atoms with Crippen LogP contribution >= 0.6 is 0 Å². The van der Waals surface area contributed by atoms with Crippen molar-refractivity contribution in [3.8, 4) is 0 Å². The molecule has 116 valence electrons. The van der Waals surface area contributed by atoms with Crippen LogP contribution in [0, 0.1) is 0 Å². The van der Waals surface area contributed by atoms with E-state index in [0.717, 1.165) is 44.6 Å². The van der Waals surface area contributed by atoms with Crippen molar-refractivity contribution in [3.05, 3.63) is 30.3 Å². The van der Waals surface area contributed by atoms with Crippen molar-refractivity contribution in [2.45, 2.75) is 32.1 Å². The number of para-hydroxylation sites is 1. The molecule has 2 rings (SSSR count). The molecule has 1 aliphatic heterocycles. The second-order valence-electron chi connectivity index (χ2n) is 5.69. The summed E-state index contributed by atoms with van der Waals surface area (Å²) in [6.45, 7) is 3.78. The van der Waals surface area contributed by atoms with Crippen LogP contribution in [-0.2, 0) is 4.79 Å². The molecule has 1 aromatic rings. The molecule has 0 aromatic heterocycles. The first-order valence-corrected chi connectivity index (χ1v) is 8.09. The molecule has 1 saturated heterocycles. The third-order valence-electron chi connectivity index (χ3n) is 4.04. The summed E-state index contributed by atoms with van der Waals surface area (Å²) in [5.74, 6) is 0.248. The van der Waals surface area contributed by atoms with E-state index >= 15 is 0 Å². The van der Waals surface area contributed by atoms with Gasteiger partial charge in [0.2, 0.25) is 5.91 Å². The molecular weight excluding hydrogens is 262 g/mol. The van der Waals surface area contributed by atoms with Gasteiger partial charge in [-0.15, -0.1) is 0 Å². The van der Waals surface area contributed by atoms with E-state index in [1.165, 1.54) is 12.8 Å². The van der Waals surface area contributed by atoms with Gasteiger partial charge in [0.25, 0.3) is 0 Å². The Balaban J connectivity index is 1.98. The van der Waals surface area contributed by atoms with Crippen LogP contribution in [0.25, 0.3) is 0 Å². The van der Waals surface area contributed by atoms with Gasteiger partial charge in [-0.1, -0.05) is 31.0 Å². The number of hydrogen-bond donors (Lipinski definition) is 1. The second kappa shape index (κ2) is 8.67. The lowest BCUT2D eigenvalue weighted by Gasteiger charge is -2.28. The zero-order chi connectivity index (χ0) is 14.9. The highest BCUT2D eigenvalue weighted by atomic mass is 16.2. The minimum absolute atomic E-state index is 0.248. The van der Waals surface area contributed by atoms with Crippen LogP contribution in [0.2, 0.25) is 0 Å². The quantitative estimate of drug-likeness (QED) is 0.874. The number of rotatable bonds is 6. The summed E-state index contributed by atoms with van der Waals surface area (Å²) < 4.78 is 0. The SMILES string of the molecule is NCCCN(CC(=O)N1CCCCCC1)c1ccccc1. The predicted molar refractivity (Wildman–Crippen MR) is 87.4 cm³/mol. The number of anilines is 1. The number of nitrogens with zero attached hydrogens (tertiary/aromatic N) is 2. The Labute approximate surface area is 127 Å². The van der Waals surface area contributed by atoms with E-state index in [2.05, 4.69) is 17.0 Å². The van der Waals surface area contributed by atoms with Crippen molar-refractivity contribution in [1.29, 1.82) is 0 Å². The molecule has 1 amide bonds. The van der Waals surface area contributed by atoms with Gasteiger partial charge in [-0.3, -0.25) is 4.79 Å². The van der Waals surface area contributed by atoms with Gasteiger partial charge in [0.05, 0.1) is 6.54 Å². The Kier molecular flexibility index (Phi) is 6.54. The van der Waals surface area contributed by atoms with Gasteiger partial charge in [0.15, 0.2) is 0 Å². The Bertz CT molecular complexity index is 413. The van der Waals surface area contributed by atoms with E-state index in [0.29, 0.717) is 13.1 Å². The number of carbonyl (C=O) groups excluding carboxylic acids is 1. The molecule has 0 spiro atoms.